The lowest BCUT2D eigenvalue weighted by molar-refractivity contribution is 0.266. The third-order valence-electron chi connectivity index (χ3n) is 0.392. The van der Waals surface area contributed by atoms with Gasteiger partial charge in [-0.05, 0) is 17.0 Å². The van der Waals surface area contributed by atoms with Gasteiger partial charge in [0.25, 0.3) is 0 Å². The van der Waals surface area contributed by atoms with Crippen molar-refractivity contribution in [3.05, 3.63) is 0 Å². The molecule has 2 N–H and O–H groups in total. The van der Waals surface area contributed by atoms with Crippen LogP contribution in [0.4, 0.5) is 4.79 Å². The van der Waals surface area contributed by atoms with Gasteiger partial charge in [-0.3, -0.25) is 9.36 Å². The van der Waals surface area contributed by atoms with Gasteiger partial charge in [0.15, 0.2) is 0 Å². The highest BCUT2D eigenvalue weighted by Gasteiger charge is 2.25. The highest BCUT2D eigenvalue weighted by molar-refractivity contribution is 8.84. The van der Waals surface area contributed by atoms with Gasteiger partial charge >= 0.3 is 12.5 Å². The molecule has 0 bridgehead atoms. The second kappa shape index (κ2) is 3.63. The number of hydrogen-bond acceptors (Lipinski definition) is 4. The SMILES string of the molecule is CSSC(=O)P(=O)(O)O. The summed E-state index contributed by atoms with van der Waals surface area (Å²) in [6.45, 7) is 0. The Balaban J connectivity index is 3.90. The number of carbonyl (C=O) groups is 1. The fourth-order valence-electron chi connectivity index (χ4n) is 0.120. The maximum absolute atomic E-state index is 10.2. The van der Waals surface area contributed by atoms with Crippen molar-refractivity contribution in [3.8, 4) is 0 Å². The Labute approximate surface area is 60.0 Å². The molecule has 0 unspecified atom stereocenters. The van der Waals surface area contributed by atoms with E-state index in [-0.39, 0.29) is 0 Å². The normalized spacial score (nSPS) is 11.4. The van der Waals surface area contributed by atoms with Crippen LogP contribution in [0.2, 0.25) is 0 Å². The first-order valence-corrected chi connectivity index (χ1v) is 5.96. The standard InChI is InChI=1S/C2H5O4PS2/c1-8-9-2(3)7(4,5)6/h1H3,(H2,4,5,6). The van der Waals surface area contributed by atoms with E-state index in [2.05, 4.69) is 0 Å². The predicted octanol–water partition coefficient (Wildman–Crippen LogP) is 1.30. The molecule has 0 fully saturated rings. The van der Waals surface area contributed by atoms with Gasteiger partial charge in [0.2, 0.25) is 0 Å². The molecule has 0 aliphatic heterocycles. The van der Waals surface area contributed by atoms with Crippen molar-refractivity contribution >= 4 is 34.0 Å². The quantitative estimate of drug-likeness (QED) is 0.502. The molecule has 4 nitrogen and oxygen atoms in total. The van der Waals surface area contributed by atoms with Gasteiger partial charge < -0.3 is 9.79 Å². The highest BCUT2D eigenvalue weighted by Crippen LogP contribution is 2.44. The van der Waals surface area contributed by atoms with Crippen LogP contribution in [0.1, 0.15) is 0 Å². The van der Waals surface area contributed by atoms with Crippen molar-refractivity contribution in [1.29, 1.82) is 0 Å². The molecule has 0 aliphatic carbocycles. The summed E-state index contributed by atoms with van der Waals surface area (Å²) < 4.78 is 10.0. The molecular formula is C2H5O4PS2. The lowest BCUT2D eigenvalue weighted by Crippen LogP contribution is -1.86. The monoisotopic (exact) mass is 188 g/mol. The second-order valence-electron chi connectivity index (χ2n) is 1.06. The molecule has 9 heavy (non-hydrogen) atoms. The van der Waals surface area contributed by atoms with Crippen molar-refractivity contribution in [3.63, 3.8) is 0 Å². The Morgan fingerprint density at radius 2 is 2.00 bits per heavy atom. The van der Waals surface area contributed by atoms with E-state index in [4.69, 9.17) is 9.79 Å². The number of hydrogen-bond donors (Lipinski definition) is 2. The summed E-state index contributed by atoms with van der Waals surface area (Å²) in [5.41, 5.74) is 0. The summed E-state index contributed by atoms with van der Waals surface area (Å²) in [6.07, 6.45) is 1.57. The van der Waals surface area contributed by atoms with Gasteiger partial charge in [0, 0.05) is 0 Å². The maximum atomic E-state index is 10.2. The summed E-state index contributed by atoms with van der Waals surface area (Å²) in [7, 11) is -2.91. The first kappa shape index (κ1) is 9.52. The maximum Gasteiger partial charge on any atom is 0.403 e. The van der Waals surface area contributed by atoms with E-state index in [0.29, 0.717) is 10.8 Å². The Morgan fingerprint density at radius 3 is 2.11 bits per heavy atom. The fraction of sp³-hybridized carbons (Fsp3) is 0.500. The van der Waals surface area contributed by atoms with Gasteiger partial charge in [-0.25, -0.2) is 0 Å². The minimum Gasteiger partial charge on any atom is -0.318 e. The van der Waals surface area contributed by atoms with Crippen molar-refractivity contribution < 1.29 is 19.1 Å². The molecular weight excluding hydrogens is 183 g/mol. The van der Waals surface area contributed by atoms with E-state index in [0.717, 1.165) is 10.8 Å². The van der Waals surface area contributed by atoms with E-state index in [1.54, 1.807) is 6.26 Å². The van der Waals surface area contributed by atoms with E-state index < -0.39 is 12.5 Å². The minimum atomic E-state index is -4.47. The van der Waals surface area contributed by atoms with Gasteiger partial charge in [-0.2, -0.15) is 0 Å². The molecule has 54 valence electrons. The number of rotatable bonds is 2. The summed E-state index contributed by atoms with van der Waals surface area (Å²) in [6, 6.07) is 0. The third kappa shape index (κ3) is 4.00. The summed E-state index contributed by atoms with van der Waals surface area (Å²) in [5.74, 6) is 0. The summed E-state index contributed by atoms with van der Waals surface area (Å²) in [4.78, 5) is 25.4. The Bertz CT molecular complexity index is 151. The largest absolute Gasteiger partial charge is 0.403 e. The molecule has 0 rings (SSSR count). The molecule has 0 aromatic rings. The Morgan fingerprint density at radius 1 is 1.56 bits per heavy atom. The van der Waals surface area contributed by atoms with Crippen molar-refractivity contribution in [2.45, 2.75) is 0 Å². The molecule has 0 atom stereocenters. The van der Waals surface area contributed by atoms with Crippen LogP contribution in [0.3, 0.4) is 0 Å². The van der Waals surface area contributed by atoms with Crippen LogP contribution in [-0.4, -0.2) is 20.9 Å². The predicted molar refractivity (Wildman–Crippen MR) is 38.5 cm³/mol. The highest BCUT2D eigenvalue weighted by atomic mass is 33.1. The molecule has 0 saturated carbocycles. The molecule has 0 radical (unpaired) electrons. The molecule has 0 aromatic heterocycles. The fourth-order valence-corrected chi connectivity index (χ4v) is 2.62. The van der Waals surface area contributed by atoms with Crippen LogP contribution in [0.25, 0.3) is 0 Å². The smallest absolute Gasteiger partial charge is 0.318 e. The topological polar surface area (TPSA) is 74.6 Å². The third-order valence-corrected chi connectivity index (χ3v) is 3.49. The average Bonchev–Trinajstić information content (AvgIpc) is 1.64. The van der Waals surface area contributed by atoms with Crippen molar-refractivity contribution in [1.82, 2.24) is 0 Å². The van der Waals surface area contributed by atoms with Crippen molar-refractivity contribution in [2.24, 2.45) is 0 Å². The number of carbonyl (C=O) groups excluding carboxylic acids is 1. The average molecular weight is 188 g/mol. The summed E-state index contributed by atoms with van der Waals surface area (Å²) in [5, 5.41) is 0. The molecule has 0 saturated heterocycles. The van der Waals surface area contributed by atoms with Gasteiger partial charge in [-0.15, -0.1) is 0 Å². The van der Waals surface area contributed by atoms with Gasteiger partial charge in [0.1, 0.15) is 0 Å². The molecule has 0 amide bonds. The summed E-state index contributed by atoms with van der Waals surface area (Å²) >= 11 is 0. The molecule has 0 aliphatic rings. The zero-order valence-corrected chi connectivity index (χ0v) is 7.00. The van der Waals surface area contributed by atoms with Crippen LogP contribution in [0, 0.1) is 0 Å². The second-order valence-corrected chi connectivity index (χ2v) is 5.23. The van der Waals surface area contributed by atoms with Crippen LogP contribution < -0.4 is 0 Å². The van der Waals surface area contributed by atoms with Crippen molar-refractivity contribution in [2.75, 3.05) is 6.26 Å². The molecule has 0 spiro atoms. The Kier molecular flexibility index (Phi) is 3.84. The zero-order valence-electron chi connectivity index (χ0n) is 4.47. The van der Waals surface area contributed by atoms with E-state index in [1.807, 2.05) is 0 Å². The van der Waals surface area contributed by atoms with Gasteiger partial charge in [0.05, 0.1) is 0 Å². The van der Waals surface area contributed by atoms with Crippen LogP contribution in [-0.2, 0) is 4.57 Å². The molecule has 7 heteroatoms. The van der Waals surface area contributed by atoms with Crippen LogP contribution in [0.15, 0.2) is 0 Å². The Hall–Kier alpha value is 0.520. The van der Waals surface area contributed by atoms with E-state index in [9.17, 15) is 9.36 Å². The van der Waals surface area contributed by atoms with Crippen LogP contribution in [0.5, 0.6) is 0 Å². The van der Waals surface area contributed by atoms with Crippen LogP contribution >= 0.6 is 29.2 Å². The van der Waals surface area contributed by atoms with E-state index >= 15 is 0 Å². The first-order chi connectivity index (χ1) is 3.98. The molecule has 0 heterocycles. The van der Waals surface area contributed by atoms with E-state index in [1.165, 1.54) is 0 Å². The minimum absolute atomic E-state index is 0.553. The lowest BCUT2D eigenvalue weighted by atomic mass is 11.8. The van der Waals surface area contributed by atoms with Gasteiger partial charge in [-0.1, -0.05) is 10.8 Å². The lowest BCUT2D eigenvalue weighted by Gasteiger charge is -1.96. The zero-order chi connectivity index (χ0) is 7.49. The molecule has 0 aromatic carbocycles. The first-order valence-electron chi connectivity index (χ1n) is 1.79.